The number of sulfone groups is 1. The van der Waals surface area contributed by atoms with Crippen LogP contribution in [0.5, 0.6) is 0 Å². The van der Waals surface area contributed by atoms with Crippen LogP contribution in [-0.4, -0.2) is 45.0 Å². The zero-order chi connectivity index (χ0) is 28.5. The first-order chi connectivity index (χ1) is 16.5. The van der Waals surface area contributed by atoms with Crippen LogP contribution in [0, 0.1) is 29.8 Å². The SMILES string of the molecule is C=[C-]c1ccc(F)cn1.CC(C)S(=O)(=O)CCC(=O)NS(C)(=O)=O.CCC[C@@H]([C-]=C(C)Cl)[C@@H](C)CC.[K+]. The fraction of sp³-hybridized carbons (Fsp3) is 0.600. The van der Waals surface area contributed by atoms with Gasteiger partial charge >= 0.3 is 51.4 Å². The molecule has 2 atom stereocenters. The summed E-state index contributed by atoms with van der Waals surface area (Å²) in [6, 6.07) is 2.84. The number of rotatable bonds is 11. The molecular weight excluding hydrogens is 566 g/mol. The topological polar surface area (TPSA) is 110 Å². The average Bonchev–Trinajstić information content (AvgIpc) is 2.77. The molecule has 0 spiro atoms. The van der Waals surface area contributed by atoms with Crippen molar-refractivity contribution in [1.29, 1.82) is 0 Å². The Morgan fingerprint density at radius 2 is 1.76 bits per heavy atom. The molecule has 0 bridgehead atoms. The Balaban J connectivity index is -0.000000475. The molecule has 1 N–H and O–H groups in total. The molecule has 0 aliphatic rings. The molecule has 1 amide bonds. The number of allylic oxidation sites excluding steroid dienone is 2. The summed E-state index contributed by atoms with van der Waals surface area (Å²) in [5.41, 5.74) is 0.566. The third-order valence-electron chi connectivity index (χ3n) is 4.85. The summed E-state index contributed by atoms with van der Waals surface area (Å²) < 4.78 is 57.6. The second-order valence-electron chi connectivity index (χ2n) is 8.46. The van der Waals surface area contributed by atoms with Crippen LogP contribution in [0.25, 0.3) is 0 Å². The van der Waals surface area contributed by atoms with E-state index in [1.54, 1.807) is 4.72 Å². The van der Waals surface area contributed by atoms with Crippen molar-refractivity contribution in [2.24, 2.45) is 11.8 Å². The van der Waals surface area contributed by atoms with E-state index < -0.39 is 31.0 Å². The van der Waals surface area contributed by atoms with Crippen molar-refractivity contribution in [1.82, 2.24) is 9.71 Å². The minimum Gasteiger partial charge on any atom is -0.478 e. The number of hydrogen-bond acceptors (Lipinski definition) is 6. The van der Waals surface area contributed by atoms with E-state index in [1.807, 2.05) is 6.92 Å². The summed E-state index contributed by atoms with van der Waals surface area (Å²) in [6.45, 7) is 15.0. The van der Waals surface area contributed by atoms with Crippen molar-refractivity contribution in [3.8, 4) is 0 Å². The normalized spacial score (nSPS) is 13.1. The number of halogens is 2. The molecule has 1 aromatic heterocycles. The van der Waals surface area contributed by atoms with Crippen LogP contribution in [0.15, 0.2) is 29.9 Å². The maximum atomic E-state index is 12.1. The summed E-state index contributed by atoms with van der Waals surface area (Å²) in [7, 11) is -6.91. The molecule has 1 aromatic rings. The molecule has 0 aliphatic carbocycles. The molecule has 7 nitrogen and oxygen atoms in total. The molecule has 0 aliphatic heterocycles. The Kier molecular flexibility index (Phi) is 24.2. The van der Waals surface area contributed by atoms with Gasteiger partial charge in [-0.1, -0.05) is 52.9 Å². The van der Waals surface area contributed by atoms with Crippen molar-refractivity contribution in [3.63, 3.8) is 0 Å². The molecule has 208 valence electrons. The molecule has 1 rings (SSSR count). The number of nitrogens with one attached hydrogen (secondary N) is 1. The number of hydrogen-bond donors (Lipinski definition) is 1. The standard InChI is InChI=1S/C11H20Cl.C7H5FN.C7H15NO5S2.K/c1-5-7-11(8-10(4)12)9(3)6-2;1-2-7-4-3-6(8)5-9-7;1-6(2)15(12,13)5-4-7(9)8-14(3,10)11;/h9,11H,5-7H2,1-4H3;3-5H,1H2;6H,4-5H2,1-3H3,(H,8,9);/q2*-1;;+1/t9-,11-;;;/m0.../s1. The largest absolute Gasteiger partial charge is 1.00 e. The van der Waals surface area contributed by atoms with Gasteiger partial charge in [0.1, 0.15) is 5.82 Å². The summed E-state index contributed by atoms with van der Waals surface area (Å²) >= 11 is 5.81. The second-order valence-corrected chi connectivity index (χ2v) is 13.5. The van der Waals surface area contributed by atoms with E-state index in [9.17, 15) is 26.0 Å². The fourth-order valence-electron chi connectivity index (χ4n) is 2.56. The third kappa shape index (κ3) is 23.5. The third-order valence-corrected chi connectivity index (χ3v) is 7.77. The summed E-state index contributed by atoms with van der Waals surface area (Å²) in [6.07, 6.45) is 11.1. The molecule has 0 unspecified atom stereocenters. The maximum absolute atomic E-state index is 12.1. The van der Waals surface area contributed by atoms with Crippen molar-refractivity contribution in [3.05, 3.63) is 53.6 Å². The Bertz CT molecular complexity index is 1030. The smallest absolute Gasteiger partial charge is 0.478 e. The van der Waals surface area contributed by atoms with E-state index in [2.05, 4.69) is 44.5 Å². The molecule has 0 saturated heterocycles. The summed E-state index contributed by atoms with van der Waals surface area (Å²) in [5.74, 6) is -0.224. The van der Waals surface area contributed by atoms with Gasteiger partial charge in [-0.15, -0.1) is 23.4 Å². The Morgan fingerprint density at radius 1 is 1.19 bits per heavy atom. The van der Waals surface area contributed by atoms with Crippen LogP contribution < -0.4 is 56.1 Å². The van der Waals surface area contributed by atoms with Crippen LogP contribution in [0.3, 0.4) is 0 Å². The van der Waals surface area contributed by atoms with Crippen LogP contribution in [0.1, 0.15) is 72.9 Å². The first kappa shape index (κ1) is 41.3. The monoisotopic (exact) mass is 605 g/mol. The predicted molar refractivity (Wildman–Crippen MR) is 145 cm³/mol. The zero-order valence-corrected chi connectivity index (χ0v) is 28.8. The second kappa shape index (κ2) is 21.7. The maximum Gasteiger partial charge on any atom is 1.00 e. The van der Waals surface area contributed by atoms with Gasteiger partial charge in [0.05, 0.1) is 23.5 Å². The molecular formula is C25H40ClFKN2O5S2-. The van der Waals surface area contributed by atoms with Gasteiger partial charge in [-0.05, 0) is 13.8 Å². The Labute approximate surface area is 271 Å². The molecule has 0 aromatic carbocycles. The van der Waals surface area contributed by atoms with E-state index in [0.29, 0.717) is 17.5 Å². The first-order valence-corrected chi connectivity index (χ1v) is 15.6. The quantitative estimate of drug-likeness (QED) is 0.306. The number of carbonyl (C=O) groups excluding carboxylic acids is 1. The zero-order valence-electron chi connectivity index (χ0n) is 23.3. The number of sulfonamides is 1. The van der Waals surface area contributed by atoms with Gasteiger partial charge in [0.15, 0.2) is 9.84 Å². The number of aromatic nitrogens is 1. The number of nitrogens with zero attached hydrogens (tertiary/aromatic N) is 1. The van der Waals surface area contributed by atoms with Crippen LogP contribution in [0.2, 0.25) is 0 Å². The van der Waals surface area contributed by atoms with Gasteiger partial charge in [0.2, 0.25) is 15.9 Å². The van der Waals surface area contributed by atoms with Gasteiger partial charge in [0.25, 0.3) is 0 Å². The van der Waals surface area contributed by atoms with Gasteiger partial charge in [-0.25, -0.2) is 27.3 Å². The molecule has 0 radical (unpaired) electrons. The Hall–Kier alpha value is -0.144. The van der Waals surface area contributed by atoms with Crippen LogP contribution in [0.4, 0.5) is 4.39 Å². The van der Waals surface area contributed by atoms with Crippen molar-refractivity contribution >= 4 is 37.4 Å². The van der Waals surface area contributed by atoms with Crippen molar-refractivity contribution in [2.45, 2.75) is 72.5 Å². The number of carbonyl (C=O) groups is 1. The molecule has 0 fully saturated rings. The molecule has 12 heteroatoms. The van der Waals surface area contributed by atoms with E-state index in [4.69, 9.17) is 11.6 Å². The van der Waals surface area contributed by atoms with E-state index in [1.165, 1.54) is 45.2 Å². The van der Waals surface area contributed by atoms with E-state index >= 15 is 0 Å². The van der Waals surface area contributed by atoms with Gasteiger partial charge in [-0.2, -0.15) is 23.6 Å². The summed E-state index contributed by atoms with van der Waals surface area (Å²) in [5, 5.41) is 0.247. The van der Waals surface area contributed by atoms with E-state index in [0.717, 1.165) is 17.5 Å². The molecule has 37 heavy (non-hydrogen) atoms. The summed E-state index contributed by atoms with van der Waals surface area (Å²) in [4.78, 5) is 14.6. The molecule has 0 saturated carbocycles. The minimum absolute atomic E-state index is 0. The van der Waals surface area contributed by atoms with E-state index in [-0.39, 0.29) is 69.4 Å². The fourth-order valence-corrected chi connectivity index (χ4v) is 4.16. The minimum atomic E-state index is -3.61. The van der Waals surface area contributed by atoms with Crippen molar-refractivity contribution < 1.29 is 77.4 Å². The Morgan fingerprint density at radius 3 is 2.11 bits per heavy atom. The van der Waals surface area contributed by atoms with Gasteiger partial charge in [0, 0.05) is 6.42 Å². The average molecular weight is 606 g/mol. The molecule has 1 heterocycles. The first-order valence-electron chi connectivity index (χ1n) is 11.6. The van der Waals surface area contributed by atoms with Crippen LogP contribution in [-0.2, 0) is 24.7 Å². The number of pyridine rings is 1. The number of amides is 1. The van der Waals surface area contributed by atoms with Gasteiger partial charge in [-0.3, -0.25) is 14.5 Å². The van der Waals surface area contributed by atoms with Crippen molar-refractivity contribution in [2.75, 3.05) is 12.0 Å². The van der Waals surface area contributed by atoms with Gasteiger partial charge < -0.3 is 6.08 Å². The predicted octanol–water partition coefficient (Wildman–Crippen LogP) is 2.23. The van der Waals surface area contributed by atoms with Crippen LogP contribution >= 0.6 is 11.6 Å².